The molecule has 0 aromatic heterocycles. The van der Waals surface area contributed by atoms with Gasteiger partial charge in [0.25, 0.3) is 0 Å². The highest BCUT2D eigenvalue weighted by molar-refractivity contribution is 5.82. The molecule has 3 rings (SSSR count). The number of halogens is 3. The van der Waals surface area contributed by atoms with Crippen molar-refractivity contribution in [3.63, 3.8) is 0 Å². The van der Waals surface area contributed by atoms with E-state index in [4.69, 9.17) is 0 Å². The molecule has 2 aliphatic rings. The second kappa shape index (κ2) is 5.33. The Bertz CT molecular complexity index is 552. The third-order valence-electron chi connectivity index (χ3n) is 4.17. The summed E-state index contributed by atoms with van der Waals surface area (Å²) in [6.45, 7) is 3.32. The Labute approximate surface area is 121 Å². The van der Waals surface area contributed by atoms with E-state index < -0.39 is 12.1 Å². The molecule has 2 heterocycles. The molecule has 0 unspecified atom stereocenters. The van der Waals surface area contributed by atoms with E-state index in [-0.39, 0.29) is 13.1 Å². The molecule has 0 atom stereocenters. The Kier molecular flexibility index (Phi) is 3.65. The first-order chi connectivity index (χ1) is 9.93. The highest BCUT2D eigenvalue weighted by atomic mass is 19.4. The van der Waals surface area contributed by atoms with Crippen LogP contribution in [0.25, 0.3) is 0 Å². The van der Waals surface area contributed by atoms with Crippen molar-refractivity contribution in [2.45, 2.75) is 32.1 Å². The van der Waals surface area contributed by atoms with Gasteiger partial charge in [-0.15, -0.1) is 0 Å². The van der Waals surface area contributed by atoms with Gasteiger partial charge >= 0.3 is 12.1 Å². The lowest BCUT2D eigenvalue weighted by molar-refractivity contribution is -0.186. The van der Waals surface area contributed by atoms with Crippen LogP contribution in [0.1, 0.15) is 23.1 Å². The third kappa shape index (κ3) is 3.05. The van der Waals surface area contributed by atoms with Gasteiger partial charge in [-0.25, -0.2) is 0 Å². The number of rotatable bonds is 2. The van der Waals surface area contributed by atoms with Crippen molar-refractivity contribution in [3.8, 4) is 0 Å². The Morgan fingerprint density at radius 3 is 2.52 bits per heavy atom. The predicted octanol–water partition coefficient (Wildman–Crippen LogP) is 2.34. The smallest absolute Gasteiger partial charge is 0.330 e. The van der Waals surface area contributed by atoms with Crippen molar-refractivity contribution in [1.29, 1.82) is 0 Å². The van der Waals surface area contributed by atoms with Crippen molar-refractivity contribution in [3.05, 3.63) is 34.9 Å². The fraction of sp³-hybridized carbons (Fsp3) is 0.533. The van der Waals surface area contributed by atoms with E-state index in [0.29, 0.717) is 6.42 Å². The van der Waals surface area contributed by atoms with Crippen LogP contribution in [-0.4, -0.2) is 41.5 Å². The van der Waals surface area contributed by atoms with Gasteiger partial charge in [-0.1, -0.05) is 18.2 Å². The molecule has 0 saturated carbocycles. The molecule has 3 nitrogen and oxygen atoms in total. The van der Waals surface area contributed by atoms with E-state index in [0.717, 1.165) is 35.7 Å². The van der Waals surface area contributed by atoms with Crippen molar-refractivity contribution in [1.82, 2.24) is 9.80 Å². The summed E-state index contributed by atoms with van der Waals surface area (Å²) in [5, 5.41) is 0. The van der Waals surface area contributed by atoms with Crippen LogP contribution >= 0.6 is 0 Å². The number of likely N-dealkylation sites (tertiary alicyclic amines) is 1. The van der Waals surface area contributed by atoms with Crippen LogP contribution in [0.3, 0.4) is 0 Å². The lowest BCUT2D eigenvalue weighted by Crippen LogP contribution is -2.43. The Balaban J connectivity index is 1.70. The van der Waals surface area contributed by atoms with Gasteiger partial charge in [0.15, 0.2) is 0 Å². The quantitative estimate of drug-likeness (QED) is 0.837. The number of hydrogen-bond donors (Lipinski definition) is 0. The monoisotopic (exact) mass is 298 g/mol. The molecule has 2 aliphatic heterocycles. The fourth-order valence-electron chi connectivity index (χ4n) is 2.86. The summed E-state index contributed by atoms with van der Waals surface area (Å²) < 4.78 is 37.4. The molecule has 21 heavy (non-hydrogen) atoms. The minimum atomic E-state index is -4.78. The average molecular weight is 298 g/mol. The second-order valence-electron chi connectivity index (χ2n) is 5.71. The van der Waals surface area contributed by atoms with Gasteiger partial charge in [-0.05, 0) is 42.6 Å². The first-order valence-electron chi connectivity index (χ1n) is 7.12. The number of amides is 1. The number of carbonyl (C=O) groups is 1. The minimum absolute atomic E-state index is 0.0532. The van der Waals surface area contributed by atoms with E-state index >= 15 is 0 Å². The lowest BCUT2D eigenvalue weighted by Gasteiger charge is -2.32. The number of benzene rings is 1. The van der Waals surface area contributed by atoms with Crippen molar-refractivity contribution >= 4 is 5.91 Å². The Hall–Kier alpha value is -1.56. The zero-order chi connectivity index (χ0) is 15.0. The molecule has 0 aliphatic carbocycles. The molecule has 0 bridgehead atoms. The maximum Gasteiger partial charge on any atom is 0.471 e. The molecule has 0 spiro atoms. The summed E-state index contributed by atoms with van der Waals surface area (Å²) in [5.74, 6) is -1.74. The zero-order valence-corrected chi connectivity index (χ0v) is 11.6. The number of fused-ring (bicyclic) bond motifs is 1. The molecule has 1 saturated heterocycles. The van der Waals surface area contributed by atoms with E-state index in [1.807, 2.05) is 12.1 Å². The molecule has 0 N–H and O–H groups in total. The van der Waals surface area contributed by atoms with Crippen LogP contribution in [0.5, 0.6) is 0 Å². The first kappa shape index (κ1) is 14.4. The van der Waals surface area contributed by atoms with Crippen LogP contribution in [0.4, 0.5) is 13.2 Å². The van der Waals surface area contributed by atoms with Crippen LogP contribution in [0, 0.1) is 0 Å². The molecular formula is C15H17F3N2O. The summed E-state index contributed by atoms with van der Waals surface area (Å²) in [5.41, 5.74) is 3.09. The highest BCUT2D eigenvalue weighted by Gasteiger charge is 2.43. The zero-order valence-electron chi connectivity index (χ0n) is 11.6. The SMILES string of the molecule is O=C(N1CCc2cc(CN3CCC3)ccc2C1)C(F)(F)F. The summed E-state index contributed by atoms with van der Waals surface area (Å²) in [7, 11) is 0. The van der Waals surface area contributed by atoms with Crippen molar-refractivity contribution < 1.29 is 18.0 Å². The number of hydrogen-bond acceptors (Lipinski definition) is 2. The van der Waals surface area contributed by atoms with Gasteiger partial charge in [0.05, 0.1) is 0 Å². The minimum Gasteiger partial charge on any atom is -0.330 e. The largest absolute Gasteiger partial charge is 0.471 e. The van der Waals surface area contributed by atoms with Crippen LogP contribution in [0.15, 0.2) is 18.2 Å². The van der Waals surface area contributed by atoms with E-state index in [9.17, 15) is 18.0 Å². The van der Waals surface area contributed by atoms with E-state index in [1.165, 1.54) is 12.0 Å². The molecule has 1 aromatic carbocycles. The Morgan fingerprint density at radius 2 is 1.90 bits per heavy atom. The lowest BCUT2D eigenvalue weighted by atomic mass is 9.96. The molecule has 1 fully saturated rings. The van der Waals surface area contributed by atoms with Gasteiger partial charge in [-0.3, -0.25) is 9.69 Å². The van der Waals surface area contributed by atoms with Crippen LogP contribution in [-0.2, 0) is 24.3 Å². The Morgan fingerprint density at radius 1 is 1.14 bits per heavy atom. The van der Waals surface area contributed by atoms with Crippen LogP contribution in [0.2, 0.25) is 0 Å². The summed E-state index contributed by atoms with van der Waals surface area (Å²) in [4.78, 5) is 14.5. The van der Waals surface area contributed by atoms with Crippen molar-refractivity contribution in [2.24, 2.45) is 0 Å². The second-order valence-corrected chi connectivity index (χ2v) is 5.71. The van der Waals surface area contributed by atoms with Gasteiger partial charge in [0.2, 0.25) is 0 Å². The average Bonchev–Trinajstić information content (AvgIpc) is 2.40. The molecule has 1 aromatic rings. The maximum atomic E-state index is 12.5. The fourth-order valence-corrected chi connectivity index (χ4v) is 2.86. The highest BCUT2D eigenvalue weighted by Crippen LogP contribution is 2.26. The number of alkyl halides is 3. The summed E-state index contributed by atoms with van der Waals surface area (Å²) in [6.07, 6.45) is -3.06. The van der Waals surface area contributed by atoms with E-state index in [1.54, 1.807) is 0 Å². The molecule has 1 amide bonds. The maximum absolute atomic E-state index is 12.5. The van der Waals surface area contributed by atoms with Gasteiger partial charge in [-0.2, -0.15) is 13.2 Å². The van der Waals surface area contributed by atoms with E-state index in [2.05, 4.69) is 11.0 Å². The normalized spacial score (nSPS) is 19.1. The predicted molar refractivity (Wildman–Crippen MR) is 71.5 cm³/mol. The third-order valence-corrected chi connectivity index (χ3v) is 4.17. The van der Waals surface area contributed by atoms with Crippen molar-refractivity contribution in [2.75, 3.05) is 19.6 Å². The topological polar surface area (TPSA) is 23.6 Å². The standard InChI is InChI=1S/C15H17F3N2O/c16-15(17,18)14(21)20-7-4-12-8-11(2-3-13(12)10-20)9-19-5-1-6-19/h2-3,8H,1,4-7,9-10H2. The summed E-state index contributed by atoms with van der Waals surface area (Å²) in [6, 6.07) is 5.89. The van der Waals surface area contributed by atoms with Crippen LogP contribution < -0.4 is 0 Å². The molecule has 0 radical (unpaired) electrons. The number of carbonyl (C=O) groups excluding carboxylic acids is 1. The summed E-state index contributed by atoms with van der Waals surface area (Å²) >= 11 is 0. The van der Waals surface area contributed by atoms with Gasteiger partial charge in [0.1, 0.15) is 0 Å². The number of nitrogens with zero attached hydrogens (tertiary/aromatic N) is 2. The molecule has 6 heteroatoms. The molecule has 114 valence electrons. The first-order valence-corrected chi connectivity index (χ1v) is 7.12. The van der Waals surface area contributed by atoms with Gasteiger partial charge in [0, 0.05) is 19.6 Å². The van der Waals surface area contributed by atoms with Gasteiger partial charge < -0.3 is 4.90 Å². The molecular weight excluding hydrogens is 281 g/mol.